The zero-order valence-electron chi connectivity index (χ0n) is 10.8. The van der Waals surface area contributed by atoms with Crippen LogP contribution in [0.1, 0.15) is 11.1 Å². The Morgan fingerprint density at radius 3 is 2.42 bits per heavy atom. The number of nitrogen functional groups attached to an aromatic ring is 1. The van der Waals surface area contributed by atoms with Crippen LogP contribution in [0.5, 0.6) is 0 Å². The van der Waals surface area contributed by atoms with Crippen molar-refractivity contribution in [2.45, 2.75) is 18.7 Å². The van der Waals surface area contributed by atoms with Crippen molar-refractivity contribution in [2.75, 3.05) is 10.5 Å². The largest absolute Gasteiger partial charge is 0.399 e. The summed E-state index contributed by atoms with van der Waals surface area (Å²) in [7, 11) is -3.56. The van der Waals surface area contributed by atoms with E-state index in [2.05, 4.69) is 4.72 Å². The predicted molar refractivity (Wildman–Crippen MR) is 77.6 cm³/mol. The number of hydrogen-bond acceptors (Lipinski definition) is 3. The summed E-state index contributed by atoms with van der Waals surface area (Å²) in [5.74, 6) is 0. The normalized spacial score (nSPS) is 11.3. The van der Waals surface area contributed by atoms with Crippen molar-refractivity contribution in [1.82, 2.24) is 0 Å². The molecule has 0 fully saturated rings. The lowest BCUT2D eigenvalue weighted by molar-refractivity contribution is 0.601. The summed E-state index contributed by atoms with van der Waals surface area (Å²) < 4.78 is 27.0. The van der Waals surface area contributed by atoms with Gasteiger partial charge in [-0.1, -0.05) is 12.1 Å². The molecule has 0 radical (unpaired) electrons. The number of anilines is 2. The Kier molecular flexibility index (Phi) is 3.48. The number of aryl methyl sites for hydroxylation is 2. The lowest BCUT2D eigenvalue weighted by Gasteiger charge is -2.10. The fraction of sp³-hybridized carbons (Fsp3) is 0.143. The molecule has 0 amide bonds. The van der Waals surface area contributed by atoms with Crippen LogP contribution in [0.4, 0.5) is 11.4 Å². The van der Waals surface area contributed by atoms with E-state index in [1.54, 1.807) is 36.4 Å². The number of rotatable bonds is 3. The Labute approximate surface area is 113 Å². The van der Waals surface area contributed by atoms with E-state index in [9.17, 15) is 8.42 Å². The van der Waals surface area contributed by atoms with Gasteiger partial charge < -0.3 is 5.73 Å². The molecule has 2 aromatic carbocycles. The van der Waals surface area contributed by atoms with Crippen LogP contribution in [0.25, 0.3) is 0 Å². The molecule has 100 valence electrons. The fourth-order valence-electron chi connectivity index (χ4n) is 1.74. The van der Waals surface area contributed by atoms with Crippen molar-refractivity contribution >= 4 is 21.4 Å². The topological polar surface area (TPSA) is 72.2 Å². The lowest BCUT2D eigenvalue weighted by atomic mass is 10.2. The molecule has 4 nitrogen and oxygen atoms in total. The van der Waals surface area contributed by atoms with Gasteiger partial charge in [0.15, 0.2) is 0 Å². The van der Waals surface area contributed by atoms with Crippen LogP contribution in [0.2, 0.25) is 0 Å². The highest BCUT2D eigenvalue weighted by Crippen LogP contribution is 2.20. The van der Waals surface area contributed by atoms with Gasteiger partial charge in [0.05, 0.1) is 4.90 Å². The third-order valence-electron chi connectivity index (χ3n) is 2.82. The summed E-state index contributed by atoms with van der Waals surface area (Å²) >= 11 is 0. The molecule has 0 saturated carbocycles. The van der Waals surface area contributed by atoms with Crippen molar-refractivity contribution in [3.8, 4) is 0 Å². The van der Waals surface area contributed by atoms with Gasteiger partial charge in [-0.15, -0.1) is 0 Å². The second-order valence-electron chi connectivity index (χ2n) is 4.49. The smallest absolute Gasteiger partial charge is 0.261 e. The maximum absolute atomic E-state index is 12.2. The van der Waals surface area contributed by atoms with Crippen LogP contribution in [-0.2, 0) is 10.0 Å². The number of sulfonamides is 1. The number of hydrogen-bond donors (Lipinski definition) is 2. The van der Waals surface area contributed by atoms with Gasteiger partial charge >= 0.3 is 0 Å². The monoisotopic (exact) mass is 276 g/mol. The quantitative estimate of drug-likeness (QED) is 0.847. The summed E-state index contributed by atoms with van der Waals surface area (Å²) in [6, 6.07) is 11.8. The standard InChI is InChI=1S/C14H16N2O2S/c1-10-4-3-5-13(8-10)19(17,18)16-12-6-7-14(15)11(2)9-12/h3-9,16H,15H2,1-2H3. The van der Waals surface area contributed by atoms with E-state index >= 15 is 0 Å². The maximum atomic E-state index is 12.2. The Bertz CT molecular complexity index is 709. The van der Waals surface area contributed by atoms with Crippen LogP contribution >= 0.6 is 0 Å². The molecular formula is C14H16N2O2S. The molecule has 5 heteroatoms. The zero-order valence-corrected chi connectivity index (χ0v) is 11.7. The van der Waals surface area contributed by atoms with E-state index in [0.717, 1.165) is 11.1 Å². The van der Waals surface area contributed by atoms with E-state index < -0.39 is 10.0 Å². The Morgan fingerprint density at radius 2 is 1.79 bits per heavy atom. The van der Waals surface area contributed by atoms with Crippen LogP contribution in [0.3, 0.4) is 0 Å². The van der Waals surface area contributed by atoms with Gasteiger partial charge in [-0.2, -0.15) is 0 Å². The number of nitrogens with one attached hydrogen (secondary N) is 1. The van der Waals surface area contributed by atoms with Gasteiger partial charge in [-0.05, 0) is 55.3 Å². The molecule has 3 N–H and O–H groups in total. The van der Waals surface area contributed by atoms with E-state index in [0.29, 0.717) is 11.4 Å². The molecular weight excluding hydrogens is 260 g/mol. The first-order valence-corrected chi connectivity index (χ1v) is 7.32. The van der Waals surface area contributed by atoms with Crippen molar-refractivity contribution in [3.05, 3.63) is 53.6 Å². The van der Waals surface area contributed by atoms with Crippen LogP contribution in [-0.4, -0.2) is 8.42 Å². The van der Waals surface area contributed by atoms with Crippen molar-refractivity contribution < 1.29 is 8.42 Å². The molecule has 0 aliphatic carbocycles. The summed E-state index contributed by atoms with van der Waals surface area (Å²) in [6.45, 7) is 3.69. The van der Waals surface area contributed by atoms with Gasteiger partial charge in [-0.25, -0.2) is 8.42 Å². The third kappa shape index (κ3) is 3.06. The Balaban J connectivity index is 2.33. The molecule has 0 aliphatic heterocycles. The molecule has 0 aliphatic rings. The molecule has 2 rings (SSSR count). The Morgan fingerprint density at radius 1 is 1.05 bits per heavy atom. The maximum Gasteiger partial charge on any atom is 0.261 e. The fourth-order valence-corrected chi connectivity index (χ4v) is 2.89. The lowest BCUT2D eigenvalue weighted by Crippen LogP contribution is -2.13. The average Bonchev–Trinajstić information content (AvgIpc) is 2.33. The summed E-state index contributed by atoms with van der Waals surface area (Å²) in [5.41, 5.74) is 8.59. The van der Waals surface area contributed by atoms with Gasteiger partial charge in [0.2, 0.25) is 0 Å². The molecule has 0 heterocycles. The minimum absolute atomic E-state index is 0.252. The van der Waals surface area contributed by atoms with Crippen molar-refractivity contribution in [1.29, 1.82) is 0 Å². The molecule has 2 aromatic rings. The van der Waals surface area contributed by atoms with E-state index in [1.165, 1.54) is 0 Å². The van der Waals surface area contributed by atoms with E-state index in [-0.39, 0.29) is 4.90 Å². The highest BCUT2D eigenvalue weighted by atomic mass is 32.2. The molecule has 0 spiro atoms. The van der Waals surface area contributed by atoms with Crippen LogP contribution in [0, 0.1) is 13.8 Å². The first-order valence-electron chi connectivity index (χ1n) is 5.84. The van der Waals surface area contributed by atoms with Gasteiger partial charge in [-0.3, -0.25) is 4.72 Å². The molecule has 19 heavy (non-hydrogen) atoms. The minimum atomic E-state index is -3.56. The SMILES string of the molecule is Cc1cccc(S(=O)(=O)Nc2ccc(N)c(C)c2)c1. The number of nitrogens with two attached hydrogens (primary N) is 1. The van der Waals surface area contributed by atoms with E-state index in [1.807, 2.05) is 19.9 Å². The molecule has 0 atom stereocenters. The second kappa shape index (κ2) is 4.93. The predicted octanol–water partition coefficient (Wildman–Crippen LogP) is 2.69. The molecule has 0 unspecified atom stereocenters. The average molecular weight is 276 g/mol. The Hall–Kier alpha value is -2.01. The first kappa shape index (κ1) is 13.4. The summed E-state index contributed by atoms with van der Waals surface area (Å²) in [5, 5.41) is 0. The first-order chi connectivity index (χ1) is 8.88. The molecule has 0 saturated heterocycles. The highest BCUT2D eigenvalue weighted by molar-refractivity contribution is 7.92. The van der Waals surface area contributed by atoms with Crippen molar-refractivity contribution in [2.24, 2.45) is 0 Å². The molecule has 0 aromatic heterocycles. The summed E-state index contributed by atoms with van der Waals surface area (Å²) in [4.78, 5) is 0.252. The van der Waals surface area contributed by atoms with Gasteiger partial charge in [0.1, 0.15) is 0 Å². The third-order valence-corrected chi connectivity index (χ3v) is 4.20. The zero-order chi connectivity index (χ0) is 14.0. The van der Waals surface area contributed by atoms with Gasteiger partial charge in [0, 0.05) is 11.4 Å². The number of benzene rings is 2. The highest BCUT2D eigenvalue weighted by Gasteiger charge is 2.14. The van der Waals surface area contributed by atoms with Crippen molar-refractivity contribution in [3.63, 3.8) is 0 Å². The van der Waals surface area contributed by atoms with Crippen LogP contribution in [0.15, 0.2) is 47.4 Å². The summed E-state index contributed by atoms with van der Waals surface area (Å²) in [6.07, 6.45) is 0. The minimum Gasteiger partial charge on any atom is -0.399 e. The van der Waals surface area contributed by atoms with Gasteiger partial charge in [0.25, 0.3) is 10.0 Å². The molecule has 0 bridgehead atoms. The van der Waals surface area contributed by atoms with Crippen LogP contribution < -0.4 is 10.5 Å². The second-order valence-corrected chi connectivity index (χ2v) is 6.18. The van der Waals surface area contributed by atoms with E-state index in [4.69, 9.17) is 5.73 Å².